The van der Waals surface area contributed by atoms with Gasteiger partial charge < -0.3 is 14.2 Å². The second-order valence-electron chi connectivity index (χ2n) is 12.8. The van der Waals surface area contributed by atoms with Gasteiger partial charge in [0.05, 0.1) is 23.2 Å². The van der Waals surface area contributed by atoms with Gasteiger partial charge in [-0.3, -0.25) is 14.4 Å². The van der Waals surface area contributed by atoms with Crippen molar-refractivity contribution in [1.82, 2.24) is 14.4 Å². The maximum Gasteiger partial charge on any atom is 0.262 e. The molecule has 1 amide bonds. The molecule has 1 heterocycles. The smallest absolute Gasteiger partial charge is 0.262 e. The maximum atomic E-state index is 13.4. The van der Waals surface area contributed by atoms with E-state index in [2.05, 4.69) is 54.0 Å². The molecule has 1 aromatic heterocycles. The molecule has 1 aliphatic rings. The number of nitrogens with one attached hydrogen (secondary N) is 1. The number of carbonyl (C=O) groups is 1. The minimum absolute atomic E-state index is 0.0331. The summed E-state index contributed by atoms with van der Waals surface area (Å²) in [7, 11) is 3.97. The summed E-state index contributed by atoms with van der Waals surface area (Å²) in [6.45, 7) is 4.43. The van der Waals surface area contributed by atoms with Gasteiger partial charge in [-0.15, -0.1) is 0 Å². The molecular formula is C36H46N4O4S. The van der Waals surface area contributed by atoms with Gasteiger partial charge in [-0.2, -0.15) is 0 Å². The van der Waals surface area contributed by atoms with Crippen LogP contribution in [0.5, 0.6) is 5.75 Å². The molecule has 45 heavy (non-hydrogen) atoms. The van der Waals surface area contributed by atoms with Crippen molar-refractivity contribution >= 4 is 32.5 Å². The molecule has 0 unspecified atom stereocenters. The minimum Gasteiger partial charge on any atom is -0.497 e. The van der Waals surface area contributed by atoms with Crippen molar-refractivity contribution in [2.24, 2.45) is 5.92 Å². The van der Waals surface area contributed by atoms with Gasteiger partial charge in [0.1, 0.15) is 12.3 Å². The molecule has 3 aromatic carbocycles. The lowest BCUT2D eigenvalue weighted by molar-refractivity contribution is -0.130. The maximum absolute atomic E-state index is 13.4. The highest BCUT2D eigenvalue weighted by atomic mass is 32.2. The summed E-state index contributed by atoms with van der Waals surface area (Å²) in [4.78, 5) is 17.8. The van der Waals surface area contributed by atoms with Crippen molar-refractivity contribution in [3.8, 4) is 5.75 Å². The van der Waals surface area contributed by atoms with Crippen LogP contribution in [0.25, 0.3) is 10.9 Å². The van der Waals surface area contributed by atoms with Crippen LogP contribution in [0.1, 0.15) is 48.8 Å². The van der Waals surface area contributed by atoms with Crippen molar-refractivity contribution in [3.05, 3.63) is 89.6 Å². The number of anilines is 1. The molecule has 1 fully saturated rings. The lowest BCUT2D eigenvalue weighted by atomic mass is 9.71. The first-order valence-electron chi connectivity index (χ1n) is 15.7. The van der Waals surface area contributed by atoms with E-state index in [0.717, 1.165) is 43.0 Å². The van der Waals surface area contributed by atoms with E-state index in [0.29, 0.717) is 35.0 Å². The van der Waals surface area contributed by atoms with E-state index in [-0.39, 0.29) is 22.9 Å². The number of aromatic nitrogens is 1. The van der Waals surface area contributed by atoms with Crippen LogP contribution in [0.4, 0.5) is 5.69 Å². The molecule has 0 bridgehead atoms. The normalized spacial score (nSPS) is 18.7. The second kappa shape index (κ2) is 13.3. The van der Waals surface area contributed by atoms with Crippen LogP contribution < -0.4 is 9.46 Å². The Morgan fingerprint density at radius 1 is 0.978 bits per heavy atom. The van der Waals surface area contributed by atoms with E-state index in [9.17, 15) is 13.2 Å². The summed E-state index contributed by atoms with van der Waals surface area (Å²) in [6.07, 6.45) is 7.40. The van der Waals surface area contributed by atoms with E-state index in [1.165, 1.54) is 5.56 Å². The minimum atomic E-state index is -3.84. The van der Waals surface area contributed by atoms with Crippen LogP contribution in [0.3, 0.4) is 0 Å². The molecule has 0 atom stereocenters. The molecule has 0 saturated heterocycles. The number of sulfonamides is 1. The molecule has 9 heteroatoms. The number of hydrogen-bond donors (Lipinski definition) is 1. The van der Waals surface area contributed by atoms with Crippen molar-refractivity contribution in [3.63, 3.8) is 0 Å². The SMILES string of the molecule is COc1cc(C)c(S(=O)(=O)Nc2ccc3ccn(CC(=O)N(C)CCC4CCC(c5ccccc5)(N(C)C)CC4)c3c2)c(C)c1. The number of likely N-dealkylation sites (N-methyl/N-ethyl adjacent to an activating group) is 1. The number of aryl methyl sites for hydroxylation is 2. The zero-order valence-corrected chi connectivity index (χ0v) is 28.2. The molecule has 240 valence electrons. The van der Waals surface area contributed by atoms with Gasteiger partial charge >= 0.3 is 0 Å². The van der Waals surface area contributed by atoms with Gasteiger partial charge in [-0.05, 0) is 118 Å². The first kappa shape index (κ1) is 32.6. The van der Waals surface area contributed by atoms with Gasteiger partial charge in [0.2, 0.25) is 5.91 Å². The van der Waals surface area contributed by atoms with Crippen molar-refractivity contribution in [2.45, 2.75) is 62.9 Å². The Morgan fingerprint density at radius 2 is 1.64 bits per heavy atom. The highest BCUT2D eigenvalue weighted by Crippen LogP contribution is 2.43. The van der Waals surface area contributed by atoms with Crippen LogP contribution in [-0.4, -0.2) is 63.5 Å². The highest BCUT2D eigenvalue weighted by Gasteiger charge is 2.38. The van der Waals surface area contributed by atoms with Crippen molar-refractivity contribution < 1.29 is 17.9 Å². The number of fused-ring (bicyclic) bond motifs is 1. The van der Waals surface area contributed by atoms with Crippen molar-refractivity contribution in [1.29, 1.82) is 0 Å². The third kappa shape index (κ3) is 6.89. The predicted molar refractivity (Wildman–Crippen MR) is 181 cm³/mol. The quantitative estimate of drug-likeness (QED) is 0.203. The molecule has 1 saturated carbocycles. The Morgan fingerprint density at radius 3 is 2.27 bits per heavy atom. The van der Waals surface area contributed by atoms with E-state index in [1.807, 2.05) is 34.8 Å². The molecule has 0 radical (unpaired) electrons. The lowest BCUT2D eigenvalue weighted by Crippen LogP contribution is -2.44. The molecule has 8 nitrogen and oxygen atoms in total. The fourth-order valence-electron chi connectivity index (χ4n) is 7.00. The summed E-state index contributed by atoms with van der Waals surface area (Å²) in [5, 5.41) is 0.940. The molecule has 5 rings (SSSR count). The van der Waals surface area contributed by atoms with E-state index in [1.54, 1.807) is 45.2 Å². The highest BCUT2D eigenvalue weighted by molar-refractivity contribution is 7.92. The number of nitrogens with zero attached hydrogens (tertiary/aromatic N) is 3. The lowest BCUT2D eigenvalue weighted by Gasteiger charge is -2.46. The number of carbonyl (C=O) groups excluding carboxylic acids is 1. The summed E-state index contributed by atoms with van der Waals surface area (Å²) in [5.41, 5.74) is 3.93. The molecular weight excluding hydrogens is 584 g/mol. The Kier molecular flexibility index (Phi) is 9.60. The average Bonchev–Trinajstić information content (AvgIpc) is 3.41. The fourth-order valence-corrected chi connectivity index (χ4v) is 8.50. The van der Waals surface area contributed by atoms with Crippen LogP contribution in [0.15, 0.2) is 77.8 Å². The zero-order valence-electron chi connectivity index (χ0n) is 27.3. The monoisotopic (exact) mass is 630 g/mol. The Balaban J connectivity index is 1.21. The van der Waals surface area contributed by atoms with Crippen LogP contribution in [0, 0.1) is 19.8 Å². The van der Waals surface area contributed by atoms with Gasteiger partial charge in [-0.1, -0.05) is 36.4 Å². The molecule has 1 aliphatic carbocycles. The van der Waals surface area contributed by atoms with Gasteiger partial charge in [0.25, 0.3) is 10.0 Å². The zero-order chi connectivity index (χ0) is 32.4. The van der Waals surface area contributed by atoms with Gasteiger partial charge in [0.15, 0.2) is 0 Å². The predicted octanol–water partition coefficient (Wildman–Crippen LogP) is 6.56. The molecule has 0 spiro atoms. The molecule has 0 aliphatic heterocycles. The Labute approximate surface area is 268 Å². The third-order valence-electron chi connectivity index (χ3n) is 9.67. The second-order valence-corrected chi connectivity index (χ2v) is 14.4. The number of benzene rings is 3. The first-order chi connectivity index (χ1) is 21.4. The fraction of sp³-hybridized carbons (Fsp3) is 0.417. The average molecular weight is 631 g/mol. The Hall–Kier alpha value is -3.82. The van der Waals surface area contributed by atoms with E-state index < -0.39 is 10.0 Å². The largest absolute Gasteiger partial charge is 0.497 e. The van der Waals surface area contributed by atoms with Crippen LogP contribution >= 0.6 is 0 Å². The van der Waals surface area contributed by atoms with Crippen LogP contribution in [-0.2, 0) is 26.9 Å². The van der Waals surface area contributed by atoms with Crippen LogP contribution in [0.2, 0.25) is 0 Å². The standard InChI is InChI=1S/C36H46N4O4S/c1-26-22-32(44-6)23-27(2)35(26)45(42,43)37-31-13-12-29-17-21-40(33(29)24-31)25-34(41)39(5)20-16-28-14-18-36(19-15-28,38(3)4)30-10-8-7-9-11-30/h7-13,17,21-24,28,37H,14-16,18-20,25H2,1-6H3. The third-order valence-corrected chi connectivity index (χ3v) is 11.4. The number of ether oxygens (including phenoxy) is 1. The van der Waals surface area contributed by atoms with Crippen molar-refractivity contribution in [2.75, 3.05) is 39.5 Å². The summed E-state index contributed by atoms with van der Waals surface area (Å²) in [6, 6.07) is 21.6. The number of rotatable bonds is 11. The van der Waals surface area contributed by atoms with E-state index in [4.69, 9.17) is 4.74 Å². The molecule has 1 N–H and O–H groups in total. The topological polar surface area (TPSA) is 83.9 Å². The summed E-state index contributed by atoms with van der Waals surface area (Å²) in [5.74, 6) is 1.25. The molecule has 4 aromatic rings. The summed E-state index contributed by atoms with van der Waals surface area (Å²) < 4.78 is 36.7. The Bertz CT molecular complexity index is 1730. The number of hydrogen-bond acceptors (Lipinski definition) is 5. The van der Waals surface area contributed by atoms with Gasteiger partial charge in [-0.25, -0.2) is 8.42 Å². The number of amides is 1. The summed E-state index contributed by atoms with van der Waals surface area (Å²) >= 11 is 0. The number of methoxy groups -OCH3 is 1. The van der Waals surface area contributed by atoms with E-state index >= 15 is 0 Å². The first-order valence-corrected chi connectivity index (χ1v) is 17.2. The van der Waals surface area contributed by atoms with Gasteiger partial charge in [0, 0.05) is 25.3 Å².